The van der Waals surface area contributed by atoms with E-state index in [4.69, 9.17) is 4.74 Å². The van der Waals surface area contributed by atoms with Crippen LogP contribution in [-0.4, -0.2) is 23.4 Å². The summed E-state index contributed by atoms with van der Waals surface area (Å²) in [6, 6.07) is 18.5. The number of ether oxygens (including phenoxy) is 1. The molecule has 2 atom stereocenters. The van der Waals surface area contributed by atoms with Crippen LogP contribution in [0.15, 0.2) is 48.5 Å². The SMILES string of the molecule is CCOC(=O)C(C#N)C1(C#N)c2ccccc2C(=O)N1Cc1ccc(C(C)(C)C)cc1. The molecule has 1 aliphatic rings. The summed E-state index contributed by atoms with van der Waals surface area (Å²) >= 11 is 0. The highest BCUT2D eigenvalue weighted by Gasteiger charge is 2.58. The first-order valence-electron chi connectivity index (χ1n) is 10.2. The Bertz CT molecular complexity index is 1090. The topological polar surface area (TPSA) is 94.2 Å². The van der Waals surface area contributed by atoms with Gasteiger partial charge in [0.05, 0.1) is 18.7 Å². The van der Waals surface area contributed by atoms with Crippen molar-refractivity contribution in [1.82, 2.24) is 4.90 Å². The minimum atomic E-state index is -1.77. The molecule has 0 N–H and O–H groups in total. The number of rotatable bonds is 5. The number of esters is 1. The fraction of sp³-hybridized carbons (Fsp3) is 0.360. The molecule has 6 nitrogen and oxygen atoms in total. The van der Waals surface area contributed by atoms with Crippen LogP contribution in [-0.2, 0) is 27.0 Å². The van der Waals surface area contributed by atoms with Crippen LogP contribution >= 0.6 is 0 Å². The van der Waals surface area contributed by atoms with Gasteiger partial charge in [0.25, 0.3) is 5.91 Å². The molecule has 0 aromatic heterocycles. The van der Waals surface area contributed by atoms with Crippen LogP contribution in [0.1, 0.15) is 54.7 Å². The highest BCUT2D eigenvalue weighted by atomic mass is 16.5. The summed E-state index contributed by atoms with van der Waals surface area (Å²) in [6.45, 7) is 8.12. The quantitative estimate of drug-likeness (QED) is 0.687. The van der Waals surface area contributed by atoms with E-state index >= 15 is 0 Å². The molecule has 1 heterocycles. The van der Waals surface area contributed by atoms with Gasteiger partial charge in [0.2, 0.25) is 0 Å². The predicted octanol–water partition coefficient (Wildman–Crippen LogP) is 4.06. The number of nitriles is 2. The first kappa shape index (κ1) is 22.1. The molecule has 31 heavy (non-hydrogen) atoms. The average molecular weight is 415 g/mol. The standard InChI is InChI=1S/C25H25N3O3/c1-5-31-23(30)21(14-26)25(16-27)20-9-7-6-8-19(20)22(29)28(25)15-17-10-12-18(13-11-17)24(2,3)4/h6-13,21H,5,15H2,1-4H3. The maximum absolute atomic E-state index is 13.3. The fourth-order valence-corrected chi connectivity index (χ4v) is 3.98. The van der Waals surface area contributed by atoms with E-state index in [1.807, 2.05) is 30.3 Å². The second-order valence-electron chi connectivity index (χ2n) is 8.58. The molecule has 2 aromatic carbocycles. The lowest BCUT2D eigenvalue weighted by Crippen LogP contribution is -2.50. The zero-order chi connectivity index (χ0) is 22.8. The van der Waals surface area contributed by atoms with Crippen LogP contribution in [0.4, 0.5) is 0 Å². The summed E-state index contributed by atoms with van der Waals surface area (Å²) in [5.41, 5.74) is 0.824. The van der Waals surface area contributed by atoms with Gasteiger partial charge in [-0.2, -0.15) is 10.5 Å². The van der Waals surface area contributed by atoms with Gasteiger partial charge in [-0.15, -0.1) is 0 Å². The van der Waals surface area contributed by atoms with E-state index in [0.717, 1.165) is 11.1 Å². The van der Waals surface area contributed by atoms with Crippen LogP contribution in [0.25, 0.3) is 0 Å². The summed E-state index contributed by atoms with van der Waals surface area (Å²) < 4.78 is 5.09. The summed E-state index contributed by atoms with van der Waals surface area (Å²) in [7, 11) is 0. The number of hydrogen-bond donors (Lipinski definition) is 0. The zero-order valence-corrected chi connectivity index (χ0v) is 18.2. The fourth-order valence-electron chi connectivity index (χ4n) is 3.98. The van der Waals surface area contributed by atoms with E-state index < -0.39 is 17.4 Å². The maximum atomic E-state index is 13.3. The molecular formula is C25H25N3O3. The Morgan fingerprint density at radius 2 is 1.77 bits per heavy atom. The Kier molecular flexibility index (Phi) is 5.86. The smallest absolute Gasteiger partial charge is 0.327 e. The molecule has 2 aromatic rings. The predicted molar refractivity (Wildman–Crippen MR) is 114 cm³/mol. The van der Waals surface area contributed by atoms with E-state index in [-0.39, 0.29) is 24.5 Å². The molecule has 0 bridgehead atoms. The van der Waals surface area contributed by atoms with Crippen LogP contribution in [0, 0.1) is 28.6 Å². The van der Waals surface area contributed by atoms with Crippen LogP contribution in [0.2, 0.25) is 0 Å². The summed E-state index contributed by atoms with van der Waals surface area (Å²) in [4.78, 5) is 27.3. The molecule has 1 amide bonds. The van der Waals surface area contributed by atoms with Crippen molar-refractivity contribution in [1.29, 1.82) is 10.5 Å². The summed E-state index contributed by atoms with van der Waals surface area (Å²) in [6.07, 6.45) is 0. The second kappa shape index (κ2) is 8.24. The number of benzene rings is 2. The molecule has 6 heteroatoms. The monoisotopic (exact) mass is 415 g/mol. The molecule has 0 spiro atoms. The molecule has 0 aliphatic carbocycles. The Labute approximate surface area is 182 Å². The number of nitrogens with zero attached hydrogens (tertiary/aromatic N) is 3. The Morgan fingerprint density at radius 3 is 2.32 bits per heavy atom. The molecule has 0 radical (unpaired) electrons. The van der Waals surface area contributed by atoms with E-state index in [1.54, 1.807) is 31.2 Å². The minimum Gasteiger partial charge on any atom is -0.465 e. The first-order valence-corrected chi connectivity index (χ1v) is 10.2. The van der Waals surface area contributed by atoms with Gasteiger partial charge < -0.3 is 9.64 Å². The van der Waals surface area contributed by atoms with Crippen molar-refractivity contribution < 1.29 is 14.3 Å². The lowest BCUT2D eigenvalue weighted by Gasteiger charge is -2.35. The van der Waals surface area contributed by atoms with Gasteiger partial charge in [-0.05, 0) is 29.5 Å². The molecule has 2 unspecified atom stereocenters. The maximum Gasteiger partial charge on any atom is 0.327 e. The van der Waals surface area contributed by atoms with Crippen LogP contribution < -0.4 is 0 Å². The third-order valence-electron chi connectivity index (χ3n) is 5.64. The number of amides is 1. The van der Waals surface area contributed by atoms with Crippen molar-refractivity contribution in [3.8, 4) is 12.1 Å². The van der Waals surface area contributed by atoms with E-state index in [9.17, 15) is 20.1 Å². The summed E-state index contributed by atoms with van der Waals surface area (Å²) in [5, 5.41) is 20.2. The van der Waals surface area contributed by atoms with Gasteiger partial charge in [-0.25, -0.2) is 0 Å². The van der Waals surface area contributed by atoms with Crippen LogP contribution in [0.5, 0.6) is 0 Å². The largest absolute Gasteiger partial charge is 0.465 e. The van der Waals surface area contributed by atoms with Gasteiger partial charge in [0, 0.05) is 17.7 Å². The zero-order valence-electron chi connectivity index (χ0n) is 18.2. The molecule has 3 rings (SSSR count). The highest BCUT2D eigenvalue weighted by Crippen LogP contribution is 2.45. The Morgan fingerprint density at radius 1 is 1.13 bits per heavy atom. The molecule has 158 valence electrons. The molecular weight excluding hydrogens is 390 g/mol. The van der Waals surface area contributed by atoms with E-state index in [0.29, 0.717) is 11.1 Å². The van der Waals surface area contributed by atoms with Gasteiger partial charge >= 0.3 is 5.97 Å². The summed E-state index contributed by atoms with van der Waals surface area (Å²) in [5.74, 6) is -2.68. The Balaban J connectivity index is 2.11. The van der Waals surface area contributed by atoms with Crippen molar-refractivity contribution in [3.63, 3.8) is 0 Å². The minimum absolute atomic E-state index is 0.0234. The van der Waals surface area contributed by atoms with Crippen molar-refractivity contribution in [3.05, 3.63) is 70.8 Å². The highest BCUT2D eigenvalue weighted by molar-refractivity contribution is 6.02. The number of hydrogen-bond acceptors (Lipinski definition) is 5. The molecule has 0 fully saturated rings. The lowest BCUT2D eigenvalue weighted by atomic mass is 9.79. The lowest BCUT2D eigenvalue weighted by molar-refractivity contribution is -0.149. The number of carbonyl (C=O) groups excluding carboxylic acids is 2. The third kappa shape index (κ3) is 3.66. The first-order chi connectivity index (χ1) is 14.7. The van der Waals surface area contributed by atoms with E-state index in [1.165, 1.54) is 4.90 Å². The second-order valence-corrected chi connectivity index (χ2v) is 8.58. The van der Waals surface area contributed by atoms with Gasteiger partial charge in [0.15, 0.2) is 11.5 Å². The normalized spacial score (nSPS) is 18.6. The van der Waals surface area contributed by atoms with Gasteiger partial charge in [0.1, 0.15) is 0 Å². The van der Waals surface area contributed by atoms with Crippen molar-refractivity contribution >= 4 is 11.9 Å². The van der Waals surface area contributed by atoms with Crippen molar-refractivity contribution in [2.45, 2.75) is 45.2 Å². The van der Waals surface area contributed by atoms with Crippen molar-refractivity contribution in [2.24, 2.45) is 5.92 Å². The molecule has 0 saturated heterocycles. The van der Waals surface area contributed by atoms with Gasteiger partial charge in [-0.1, -0.05) is 63.2 Å². The number of carbonyl (C=O) groups is 2. The average Bonchev–Trinajstić information content (AvgIpc) is 2.98. The van der Waals surface area contributed by atoms with Crippen molar-refractivity contribution in [2.75, 3.05) is 6.61 Å². The van der Waals surface area contributed by atoms with Crippen LogP contribution in [0.3, 0.4) is 0 Å². The Hall–Kier alpha value is -3.64. The van der Waals surface area contributed by atoms with Gasteiger partial charge in [-0.3, -0.25) is 9.59 Å². The van der Waals surface area contributed by atoms with E-state index in [2.05, 4.69) is 26.8 Å². The third-order valence-corrected chi connectivity index (χ3v) is 5.64. The number of fused-ring (bicyclic) bond motifs is 1. The molecule has 1 aliphatic heterocycles. The molecule has 0 saturated carbocycles.